The van der Waals surface area contributed by atoms with Crippen molar-refractivity contribution in [2.24, 2.45) is 0 Å². The Kier molecular flexibility index (Phi) is 4.31. The fourth-order valence-electron chi connectivity index (χ4n) is 3.93. The molecule has 4 nitrogen and oxygen atoms in total. The topological polar surface area (TPSA) is 34.0 Å². The molecule has 0 amide bonds. The van der Waals surface area contributed by atoms with E-state index in [4.69, 9.17) is 11.6 Å². The molecule has 2 aromatic heterocycles. The molecular weight excluding hydrogens is 365 g/mol. The van der Waals surface area contributed by atoms with Crippen molar-refractivity contribution in [1.29, 1.82) is 0 Å². The summed E-state index contributed by atoms with van der Waals surface area (Å²) >= 11 is 6.12. The first-order valence-corrected chi connectivity index (χ1v) is 8.89. The fourth-order valence-corrected chi connectivity index (χ4v) is 4.16. The van der Waals surface area contributed by atoms with E-state index in [1.54, 1.807) is 6.07 Å². The number of hydrogen-bond donors (Lipinski definition) is 0. The van der Waals surface area contributed by atoms with Gasteiger partial charge in [0, 0.05) is 11.9 Å². The SMILES string of the molecule is CN1CCCC(c2ccc3c(c2)c2ncnc(Cl)c2n3CC(F)(F)F)C1. The summed E-state index contributed by atoms with van der Waals surface area (Å²) in [7, 11) is 2.09. The van der Waals surface area contributed by atoms with Gasteiger partial charge in [-0.05, 0) is 50.0 Å². The van der Waals surface area contributed by atoms with Gasteiger partial charge in [0.1, 0.15) is 23.9 Å². The van der Waals surface area contributed by atoms with E-state index in [-0.39, 0.29) is 10.7 Å². The number of hydrogen-bond acceptors (Lipinski definition) is 3. The summed E-state index contributed by atoms with van der Waals surface area (Å²) in [5.41, 5.74) is 2.31. The smallest absolute Gasteiger partial charge is 0.327 e. The molecule has 26 heavy (non-hydrogen) atoms. The normalized spacial score (nSPS) is 19.5. The largest absolute Gasteiger partial charge is 0.406 e. The van der Waals surface area contributed by atoms with Crippen LogP contribution >= 0.6 is 11.6 Å². The molecule has 4 rings (SSSR count). The highest BCUT2D eigenvalue weighted by molar-refractivity contribution is 6.34. The maximum atomic E-state index is 13.1. The molecule has 1 unspecified atom stereocenters. The second kappa shape index (κ2) is 6.39. The van der Waals surface area contributed by atoms with Crippen molar-refractivity contribution in [3.05, 3.63) is 35.2 Å². The summed E-state index contributed by atoms with van der Waals surface area (Å²) in [6, 6.07) is 5.65. The van der Waals surface area contributed by atoms with Gasteiger partial charge in [-0.15, -0.1) is 0 Å². The van der Waals surface area contributed by atoms with Crippen molar-refractivity contribution < 1.29 is 13.2 Å². The highest BCUT2D eigenvalue weighted by atomic mass is 35.5. The fraction of sp³-hybridized carbons (Fsp3) is 0.444. The first-order chi connectivity index (χ1) is 12.3. The number of piperidine rings is 1. The minimum Gasteiger partial charge on any atom is -0.327 e. The third-order valence-corrected chi connectivity index (χ3v) is 5.32. The molecule has 3 heterocycles. The van der Waals surface area contributed by atoms with Crippen LogP contribution in [0.25, 0.3) is 21.9 Å². The summed E-state index contributed by atoms with van der Waals surface area (Å²) in [5, 5.41) is 0.730. The number of likely N-dealkylation sites (tertiary alicyclic amines) is 1. The van der Waals surface area contributed by atoms with Gasteiger partial charge in [-0.2, -0.15) is 13.2 Å². The lowest BCUT2D eigenvalue weighted by Crippen LogP contribution is -2.30. The Hall–Kier alpha value is -1.86. The third-order valence-electron chi connectivity index (χ3n) is 5.05. The summed E-state index contributed by atoms with van der Waals surface area (Å²) in [6.45, 7) is 0.903. The maximum absolute atomic E-state index is 13.1. The van der Waals surface area contributed by atoms with Crippen LogP contribution in [-0.2, 0) is 6.54 Å². The van der Waals surface area contributed by atoms with Crippen LogP contribution in [0.2, 0.25) is 5.15 Å². The number of likely N-dealkylation sites (N-methyl/N-ethyl adjacent to an activating group) is 1. The molecule has 1 saturated heterocycles. The van der Waals surface area contributed by atoms with Crippen LogP contribution in [0.15, 0.2) is 24.5 Å². The van der Waals surface area contributed by atoms with Crippen molar-refractivity contribution in [2.45, 2.75) is 31.5 Å². The lowest BCUT2D eigenvalue weighted by Gasteiger charge is -2.30. The number of benzene rings is 1. The summed E-state index contributed by atoms with van der Waals surface area (Å²) in [6.07, 6.45) is -0.873. The molecule has 138 valence electrons. The van der Waals surface area contributed by atoms with Crippen molar-refractivity contribution in [3.63, 3.8) is 0 Å². The predicted octanol–water partition coefficient (Wildman–Crippen LogP) is 4.61. The Bertz CT molecular complexity index is 966. The summed E-state index contributed by atoms with van der Waals surface area (Å²) in [4.78, 5) is 10.4. The predicted molar refractivity (Wildman–Crippen MR) is 95.6 cm³/mol. The van der Waals surface area contributed by atoms with Crippen LogP contribution in [0.4, 0.5) is 13.2 Å². The zero-order valence-electron chi connectivity index (χ0n) is 14.2. The van der Waals surface area contributed by atoms with E-state index in [0.717, 1.165) is 31.5 Å². The van der Waals surface area contributed by atoms with Crippen LogP contribution in [-0.4, -0.2) is 45.7 Å². The lowest BCUT2D eigenvalue weighted by molar-refractivity contribution is -0.139. The van der Waals surface area contributed by atoms with Crippen molar-refractivity contribution in [2.75, 3.05) is 20.1 Å². The van der Waals surface area contributed by atoms with E-state index < -0.39 is 12.7 Å². The van der Waals surface area contributed by atoms with Crippen LogP contribution in [0, 0.1) is 0 Å². The molecular formula is C18H18ClF3N4. The summed E-state index contributed by atoms with van der Waals surface area (Å²) in [5.74, 6) is 0.372. The minimum absolute atomic E-state index is 0.0365. The second-order valence-corrected chi connectivity index (χ2v) is 7.30. The van der Waals surface area contributed by atoms with E-state index in [0.29, 0.717) is 22.3 Å². The maximum Gasteiger partial charge on any atom is 0.406 e. The van der Waals surface area contributed by atoms with Crippen molar-refractivity contribution >= 4 is 33.5 Å². The average Bonchev–Trinajstić information content (AvgIpc) is 2.88. The van der Waals surface area contributed by atoms with Gasteiger partial charge in [-0.25, -0.2) is 9.97 Å². The van der Waals surface area contributed by atoms with Crippen molar-refractivity contribution in [1.82, 2.24) is 19.4 Å². The van der Waals surface area contributed by atoms with Crippen LogP contribution in [0.3, 0.4) is 0 Å². The van der Waals surface area contributed by atoms with Gasteiger partial charge in [0.25, 0.3) is 0 Å². The zero-order valence-corrected chi connectivity index (χ0v) is 15.0. The highest BCUT2D eigenvalue weighted by Gasteiger charge is 2.31. The standard InChI is InChI=1S/C18H18ClF3N4/c1-25-6-2-3-12(8-25)11-4-5-14-13(7-11)15-16(17(19)24-10-23-15)26(14)9-18(20,21)22/h4-5,7,10,12H,2-3,6,8-9H2,1H3. The Morgan fingerprint density at radius 1 is 1.27 bits per heavy atom. The van der Waals surface area contributed by atoms with Crippen LogP contribution in [0.1, 0.15) is 24.3 Å². The van der Waals surface area contributed by atoms with Gasteiger partial charge in [-0.1, -0.05) is 17.7 Å². The molecule has 1 atom stereocenters. The van der Waals surface area contributed by atoms with Gasteiger partial charge >= 0.3 is 6.18 Å². The molecule has 0 aliphatic carbocycles. The first kappa shape index (κ1) is 17.5. The Balaban J connectivity index is 1.90. The third kappa shape index (κ3) is 3.14. The van der Waals surface area contributed by atoms with E-state index in [9.17, 15) is 13.2 Å². The molecule has 0 N–H and O–H groups in total. The van der Waals surface area contributed by atoms with E-state index in [1.807, 2.05) is 12.1 Å². The number of halogens is 4. The Morgan fingerprint density at radius 2 is 2.08 bits per heavy atom. The van der Waals surface area contributed by atoms with E-state index >= 15 is 0 Å². The Morgan fingerprint density at radius 3 is 2.81 bits per heavy atom. The number of alkyl halides is 3. The molecule has 0 spiro atoms. The molecule has 0 bridgehead atoms. The minimum atomic E-state index is -4.36. The molecule has 1 aliphatic rings. The quantitative estimate of drug-likeness (QED) is 0.607. The lowest BCUT2D eigenvalue weighted by atomic mass is 9.90. The van der Waals surface area contributed by atoms with Gasteiger partial charge < -0.3 is 9.47 Å². The van der Waals surface area contributed by atoms with Crippen LogP contribution in [0.5, 0.6) is 0 Å². The number of aromatic nitrogens is 3. The molecule has 0 saturated carbocycles. The van der Waals surface area contributed by atoms with E-state index in [2.05, 4.69) is 21.9 Å². The average molecular weight is 383 g/mol. The summed E-state index contributed by atoms with van der Waals surface area (Å²) < 4.78 is 40.5. The molecule has 3 aromatic rings. The highest BCUT2D eigenvalue weighted by Crippen LogP contribution is 2.36. The van der Waals surface area contributed by atoms with Crippen molar-refractivity contribution in [3.8, 4) is 0 Å². The number of rotatable bonds is 2. The first-order valence-electron chi connectivity index (χ1n) is 8.51. The number of nitrogens with zero attached hydrogens (tertiary/aromatic N) is 4. The number of fused-ring (bicyclic) bond motifs is 3. The molecule has 1 aromatic carbocycles. The zero-order chi connectivity index (χ0) is 18.5. The Labute approximate surface area is 153 Å². The molecule has 1 aliphatic heterocycles. The molecule has 1 fully saturated rings. The molecule has 8 heteroatoms. The molecule has 0 radical (unpaired) electrons. The van der Waals surface area contributed by atoms with E-state index in [1.165, 1.54) is 10.9 Å². The second-order valence-electron chi connectivity index (χ2n) is 6.94. The van der Waals surface area contributed by atoms with Gasteiger partial charge in [0.2, 0.25) is 0 Å². The monoisotopic (exact) mass is 382 g/mol. The van der Waals surface area contributed by atoms with Gasteiger partial charge in [0.05, 0.1) is 5.52 Å². The van der Waals surface area contributed by atoms with Gasteiger partial charge in [-0.3, -0.25) is 0 Å². The van der Waals surface area contributed by atoms with Crippen LogP contribution < -0.4 is 0 Å². The van der Waals surface area contributed by atoms with Gasteiger partial charge in [0.15, 0.2) is 5.15 Å².